The van der Waals surface area contributed by atoms with Crippen molar-refractivity contribution < 1.29 is 18.7 Å². The quantitative estimate of drug-likeness (QED) is 0.601. The van der Waals surface area contributed by atoms with Crippen molar-refractivity contribution in [3.8, 4) is 5.75 Å². The Bertz CT molecular complexity index is 875. The summed E-state index contributed by atoms with van der Waals surface area (Å²) < 4.78 is 18.5. The highest BCUT2D eigenvalue weighted by molar-refractivity contribution is 5.94. The molecule has 1 saturated heterocycles. The van der Waals surface area contributed by atoms with Gasteiger partial charge in [0, 0.05) is 30.1 Å². The number of amides is 2. The van der Waals surface area contributed by atoms with E-state index in [1.54, 1.807) is 11.1 Å². The Balaban J connectivity index is 1.50. The van der Waals surface area contributed by atoms with Crippen molar-refractivity contribution in [2.45, 2.75) is 19.8 Å². The predicted octanol–water partition coefficient (Wildman–Crippen LogP) is 3.23. The fourth-order valence-corrected chi connectivity index (χ4v) is 3.25. The molecule has 0 unspecified atom stereocenters. The van der Waals surface area contributed by atoms with Gasteiger partial charge in [0.05, 0.1) is 12.8 Å². The SMILES string of the molecule is CCOc1ccccc1/C=N\NC(=O)C1CCN(C(=O)c2ccc(F)cc2)CC1. The molecule has 0 radical (unpaired) electrons. The summed E-state index contributed by atoms with van der Waals surface area (Å²) >= 11 is 0. The standard InChI is InChI=1S/C22H24FN3O3/c1-2-29-20-6-4-3-5-18(20)15-24-25-21(27)16-11-13-26(14-12-16)22(28)17-7-9-19(23)10-8-17/h3-10,15-16H,2,11-14H2,1H3,(H,25,27)/b24-15-. The van der Waals surface area contributed by atoms with E-state index in [2.05, 4.69) is 10.5 Å². The van der Waals surface area contributed by atoms with Crippen LogP contribution in [-0.2, 0) is 4.79 Å². The number of likely N-dealkylation sites (tertiary alicyclic amines) is 1. The average Bonchev–Trinajstić information content (AvgIpc) is 2.75. The molecule has 2 aromatic rings. The fraction of sp³-hybridized carbons (Fsp3) is 0.318. The van der Waals surface area contributed by atoms with Crippen LogP contribution in [0.1, 0.15) is 35.7 Å². The monoisotopic (exact) mass is 397 g/mol. The van der Waals surface area contributed by atoms with Crippen LogP contribution in [0.15, 0.2) is 53.6 Å². The minimum atomic E-state index is -0.374. The summed E-state index contributed by atoms with van der Waals surface area (Å²) in [5.74, 6) is -0.174. The first kappa shape index (κ1) is 20.5. The summed E-state index contributed by atoms with van der Waals surface area (Å²) in [5.41, 5.74) is 3.82. The van der Waals surface area contributed by atoms with E-state index < -0.39 is 0 Å². The molecule has 0 bridgehead atoms. The number of rotatable bonds is 6. The molecule has 3 rings (SSSR count). The molecule has 29 heavy (non-hydrogen) atoms. The smallest absolute Gasteiger partial charge is 0.253 e. The van der Waals surface area contributed by atoms with Crippen LogP contribution in [0.5, 0.6) is 5.75 Å². The van der Waals surface area contributed by atoms with Crippen molar-refractivity contribution in [2.24, 2.45) is 11.0 Å². The lowest BCUT2D eigenvalue weighted by Crippen LogP contribution is -2.42. The number of hydrazone groups is 1. The van der Waals surface area contributed by atoms with Gasteiger partial charge in [0.15, 0.2) is 0 Å². The van der Waals surface area contributed by atoms with Gasteiger partial charge < -0.3 is 9.64 Å². The predicted molar refractivity (Wildman–Crippen MR) is 108 cm³/mol. The second-order valence-electron chi connectivity index (χ2n) is 6.78. The Morgan fingerprint density at radius 2 is 1.86 bits per heavy atom. The number of benzene rings is 2. The van der Waals surface area contributed by atoms with Crippen LogP contribution in [0.2, 0.25) is 0 Å². The number of nitrogens with zero attached hydrogens (tertiary/aromatic N) is 2. The van der Waals surface area contributed by atoms with E-state index in [1.807, 2.05) is 31.2 Å². The lowest BCUT2D eigenvalue weighted by Gasteiger charge is -2.31. The Labute approximate surface area is 169 Å². The van der Waals surface area contributed by atoms with Crippen molar-refractivity contribution in [3.63, 3.8) is 0 Å². The Hall–Kier alpha value is -3.22. The summed E-state index contributed by atoms with van der Waals surface area (Å²) in [5, 5.41) is 4.05. The van der Waals surface area contributed by atoms with Crippen LogP contribution >= 0.6 is 0 Å². The molecule has 1 heterocycles. The van der Waals surface area contributed by atoms with Gasteiger partial charge in [-0.25, -0.2) is 9.82 Å². The molecule has 1 aliphatic rings. The molecule has 0 aliphatic carbocycles. The molecule has 152 valence electrons. The van der Waals surface area contributed by atoms with E-state index in [4.69, 9.17) is 4.74 Å². The first-order chi connectivity index (χ1) is 14.1. The maximum atomic E-state index is 13.0. The first-order valence-electron chi connectivity index (χ1n) is 9.68. The van der Waals surface area contributed by atoms with Crippen molar-refractivity contribution >= 4 is 18.0 Å². The maximum absolute atomic E-state index is 13.0. The van der Waals surface area contributed by atoms with Gasteiger partial charge in [-0.05, 0) is 56.2 Å². The summed E-state index contributed by atoms with van der Waals surface area (Å²) in [6.45, 7) is 3.41. The topological polar surface area (TPSA) is 71.0 Å². The van der Waals surface area contributed by atoms with Crippen LogP contribution in [0.25, 0.3) is 0 Å². The largest absolute Gasteiger partial charge is 0.493 e. The third-order valence-electron chi connectivity index (χ3n) is 4.84. The Kier molecular flexibility index (Phi) is 6.94. The molecule has 0 saturated carbocycles. The van der Waals surface area contributed by atoms with Gasteiger partial charge in [0.2, 0.25) is 5.91 Å². The summed E-state index contributed by atoms with van der Waals surface area (Å²) in [4.78, 5) is 26.5. The summed E-state index contributed by atoms with van der Waals surface area (Å²) in [6.07, 6.45) is 2.68. The zero-order valence-electron chi connectivity index (χ0n) is 16.3. The van der Waals surface area contributed by atoms with Gasteiger partial charge >= 0.3 is 0 Å². The number of nitrogens with one attached hydrogen (secondary N) is 1. The normalized spacial score (nSPS) is 14.8. The van der Waals surface area contributed by atoms with Crippen molar-refractivity contribution in [1.29, 1.82) is 0 Å². The average molecular weight is 397 g/mol. The van der Waals surface area contributed by atoms with Gasteiger partial charge in [-0.2, -0.15) is 5.10 Å². The number of hydrogen-bond acceptors (Lipinski definition) is 4. The minimum Gasteiger partial charge on any atom is -0.493 e. The third-order valence-corrected chi connectivity index (χ3v) is 4.84. The number of hydrogen-bond donors (Lipinski definition) is 1. The van der Waals surface area contributed by atoms with Gasteiger partial charge in [-0.15, -0.1) is 0 Å². The van der Waals surface area contributed by atoms with Gasteiger partial charge in [0.25, 0.3) is 5.91 Å². The second kappa shape index (κ2) is 9.82. The van der Waals surface area contributed by atoms with Crippen LogP contribution < -0.4 is 10.2 Å². The molecule has 1 N–H and O–H groups in total. The van der Waals surface area contributed by atoms with E-state index in [0.29, 0.717) is 43.9 Å². The van der Waals surface area contributed by atoms with E-state index in [9.17, 15) is 14.0 Å². The molecule has 1 aliphatic heterocycles. The lowest BCUT2D eigenvalue weighted by atomic mass is 9.95. The van der Waals surface area contributed by atoms with Gasteiger partial charge in [-0.1, -0.05) is 12.1 Å². The van der Waals surface area contributed by atoms with E-state index in [-0.39, 0.29) is 23.5 Å². The number of carbonyl (C=O) groups excluding carboxylic acids is 2. The zero-order chi connectivity index (χ0) is 20.6. The molecule has 0 atom stereocenters. The molecule has 0 spiro atoms. The van der Waals surface area contributed by atoms with Gasteiger partial charge in [0.1, 0.15) is 11.6 Å². The van der Waals surface area contributed by atoms with Crippen LogP contribution in [0.3, 0.4) is 0 Å². The molecular formula is C22H24FN3O3. The molecule has 1 fully saturated rings. The number of carbonyl (C=O) groups is 2. The lowest BCUT2D eigenvalue weighted by molar-refractivity contribution is -0.126. The highest BCUT2D eigenvalue weighted by Gasteiger charge is 2.27. The Morgan fingerprint density at radius 3 is 2.55 bits per heavy atom. The fourth-order valence-electron chi connectivity index (χ4n) is 3.25. The van der Waals surface area contributed by atoms with E-state index >= 15 is 0 Å². The second-order valence-corrected chi connectivity index (χ2v) is 6.78. The first-order valence-corrected chi connectivity index (χ1v) is 9.68. The molecule has 0 aromatic heterocycles. The van der Waals surface area contributed by atoms with Crippen LogP contribution in [-0.4, -0.2) is 42.6 Å². The summed E-state index contributed by atoms with van der Waals surface area (Å²) in [6, 6.07) is 13.0. The van der Waals surface area contributed by atoms with E-state index in [0.717, 1.165) is 5.56 Å². The summed E-state index contributed by atoms with van der Waals surface area (Å²) in [7, 11) is 0. The highest BCUT2D eigenvalue weighted by atomic mass is 19.1. The minimum absolute atomic E-state index is 0.144. The van der Waals surface area contributed by atoms with Crippen LogP contribution in [0, 0.1) is 11.7 Å². The van der Waals surface area contributed by atoms with Crippen molar-refractivity contribution in [3.05, 3.63) is 65.5 Å². The zero-order valence-corrected chi connectivity index (χ0v) is 16.3. The molecule has 2 aromatic carbocycles. The van der Waals surface area contributed by atoms with Gasteiger partial charge in [-0.3, -0.25) is 9.59 Å². The number of piperidine rings is 1. The number of para-hydroxylation sites is 1. The van der Waals surface area contributed by atoms with Crippen molar-refractivity contribution in [2.75, 3.05) is 19.7 Å². The van der Waals surface area contributed by atoms with E-state index in [1.165, 1.54) is 24.3 Å². The molecule has 7 heteroatoms. The molecule has 6 nitrogen and oxygen atoms in total. The van der Waals surface area contributed by atoms with Crippen LogP contribution in [0.4, 0.5) is 4.39 Å². The maximum Gasteiger partial charge on any atom is 0.253 e. The highest BCUT2D eigenvalue weighted by Crippen LogP contribution is 2.20. The number of halogens is 1. The number of ether oxygens (including phenoxy) is 1. The Morgan fingerprint density at radius 1 is 1.17 bits per heavy atom. The van der Waals surface area contributed by atoms with Crippen molar-refractivity contribution in [1.82, 2.24) is 10.3 Å². The third kappa shape index (κ3) is 5.40. The molecule has 2 amide bonds. The molecular weight excluding hydrogens is 373 g/mol.